The molecule has 23 heavy (non-hydrogen) atoms. The lowest BCUT2D eigenvalue weighted by molar-refractivity contribution is 0.0816. The van der Waals surface area contributed by atoms with Gasteiger partial charge in [0.15, 0.2) is 0 Å². The van der Waals surface area contributed by atoms with Crippen molar-refractivity contribution in [3.8, 4) is 0 Å². The van der Waals surface area contributed by atoms with Crippen LogP contribution >= 0.6 is 0 Å². The summed E-state index contributed by atoms with van der Waals surface area (Å²) in [5.74, 6) is -0.542. The van der Waals surface area contributed by atoms with E-state index in [2.05, 4.69) is 15.2 Å². The highest BCUT2D eigenvalue weighted by molar-refractivity contribution is 5.98. The number of aromatic amines is 1. The van der Waals surface area contributed by atoms with Crippen molar-refractivity contribution in [1.29, 1.82) is 0 Å². The molecule has 0 aliphatic carbocycles. The molecule has 0 spiro atoms. The number of likely N-dealkylation sites (tertiary alicyclic amines) is 1. The van der Waals surface area contributed by atoms with Crippen molar-refractivity contribution in [3.05, 3.63) is 35.8 Å². The molecule has 124 valence electrons. The van der Waals surface area contributed by atoms with E-state index in [1.807, 2.05) is 0 Å². The lowest BCUT2D eigenvalue weighted by Crippen LogP contribution is -2.37. The number of aliphatic hydroxyl groups excluding tert-OH is 1. The topological polar surface area (TPSA) is 68.4 Å². The Kier molecular flexibility index (Phi) is 4.93. The van der Waals surface area contributed by atoms with E-state index in [0.29, 0.717) is 23.1 Å². The second-order valence-electron chi connectivity index (χ2n) is 6.07. The monoisotopic (exact) mass is 319 g/mol. The van der Waals surface area contributed by atoms with Crippen LogP contribution < -0.4 is 5.32 Å². The van der Waals surface area contributed by atoms with Crippen LogP contribution in [-0.2, 0) is 0 Å². The summed E-state index contributed by atoms with van der Waals surface area (Å²) in [4.78, 5) is 17.4. The van der Waals surface area contributed by atoms with Crippen LogP contribution in [0.25, 0.3) is 10.9 Å². The fourth-order valence-electron chi connectivity index (χ4n) is 2.98. The fraction of sp³-hybridized carbons (Fsp3) is 0.471. The summed E-state index contributed by atoms with van der Waals surface area (Å²) in [6, 6.07) is 6.30. The number of carbonyl (C=O) groups is 1. The van der Waals surface area contributed by atoms with Gasteiger partial charge in [0, 0.05) is 30.5 Å². The molecule has 3 rings (SSSR count). The third kappa shape index (κ3) is 3.89. The minimum Gasteiger partial charge on any atom is -0.393 e. The Morgan fingerprint density at radius 2 is 2.17 bits per heavy atom. The summed E-state index contributed by atoms with van der Waals surface area (Å²) >= 11 is 0. The van der Waals surface area contributed by atoms with Crippen molar-refractivity contribution in [1.82, 2.24) is 15.2 Å². The third-order valence-corrected chi connectivity index (χ3v) is 4.35. The minimum atomic E-state index is -0.329. The Morgan fingerprint density at radius 1 is 1.39 bits per heavy atom. The van der Waals surface area contributed by atoms with Crippen molar-refractivity contribution in [2.24, 2.45) is 0 Å². The number of fused-ring (bicyclic) bond motifs is 1. The quantitative estimate of drug-likeness (QED) is 0.737. The van der Waals surface area contributed by atoms with Gasteiger partial charge >= 0.3 is 0 Å². The molecular weight excluding hydrogens is 297 g/mol. The number of piperidine rings is 1. The van der Waals surface area contributed by atoms with E-state index in [4.69, 9.17) is 0 Å². The van der Waals surface area contributed by atoms with Gasteiger partial charge in [-0.3, -0.25) is 4.79 Å². The van der Waals surface area contributed by atoms with Crippen LogP contribution in [0.3, 0.4) is 0 Å². The smallest absolute Gasteiger partial charge is 0.267 e. The van der Waals surface area contributed by atoms with Crippen molar-refractivity contribution < 1.29 is 14.3 Å². The van der Waals surface area contributed by atoms with Gasteiger partial charge in [0.05, 0.1) is 6.10 Å². The fourth-order valence-corrected chi connectivity index (χ4v) is 2.98. The summed E-state index contributed by atoms with van der Waals surface area (Å²) in [7, 11) is 0. The van der Waals surface area contributed by atoms with E-state index in [0.717, 1.165) is 38.9 Å². The summed E-state index contributed by atoms with van der Waals surface area (Å²) in [6.45, 7) is 3.32. The van der Waals surface area contributed by atoms with E-state index >= 15 is 0 Å². The van der Waals surface area contributed by atoms with Gasteiger partial charge in [-0.2, -0.15) is 0 Å². The van der Waals surface area contributed by atoms with Gasteiger partial charge in [0.1, 0.15) is 11.5 Å². The number of hydrogen-bond acceptors (Lipinski definition) is 3. The maximum Gasteiger partial charge on any atom is 0.267 e. The second kappa shape index (κ2) is 7.10. The zero-order valence-electron chi connectivity index (χ0n) is 13.0. The normalized spacial score (nSPS) is 16.8. The lowest BCUT2D eigenvalue weighted by atomic mass is 10.1. The van der Waals surface area contributed by atoms with Crippen LogP contribution in [0.5, 0.6) is 0 Å². The Morgan fingerprint density at radius 3 is 2.91 bits per heavy atom. The maximum atomic E-state index is 13.6. The first-order valence-corrected chi connectivity index (χ1v) is 8.09. The highest BCUT2D eigenvalue weighted by Gasteiger charge is 2.16. The zero-order chi connectivity index (χ0) is 16.2. The van der Waals surface area contributed by atoms with Gasteiger partial charge in [-0.15, -0.1) is 0 Å². The number of hydrogen-bond donors (Lipinski definition) is 3. The predicted octanol–water partition coefficient (Wildman–Crippen LogP) is 1.88. The molecule has 0 unspecified atom stereocenters. The molecular formula is C17H22FN3O2. The molecule has 2 aromatic rings. The van der Waals surface area contributed by atoms with Gasteiger partial charge in [-0.1, -0.05) is 6.07 Å². The molecule has 1 amide bonds. The van der Waals surface area contributed by atoms with Gasteiger partial charge in [0.2, 0.25) is 0 Å². The number of nitrogens with one attached hydrogen (secondary N) is 2. The van der Waals surface area contributed by atoms with Crippen molar-refractivity contribution in [2.45, 2.75) is 25.4 Å². The van der Waals surface area contributed by atoms with Gasteiger partial charge in [-0.25, -0.2) is 4.39 Å². The molecule has 1 aliphatic heterocycles. The van der Waals surface area contributed by atoms with Crippen LogP contribution in [0, 0.1) is 5.82 Å². The molecule has 0 saturated carbocycles. The van der Waals surface area contributed by atoms with E-state index in [1.165, 1.54) is 6.07 Å². The first-order valence-electron chi connectivity index (χ1n) is 8.09. The molecule has 1 fully saturated rings. The Labute approximate surface area is 134 Å². The van der Waals surface area contributed by atoms with Gasteiger partial charge < -0.3 is 20.3 Å². The third-order valence-electron chi connectivity index (χ3n) is 4.35. The average Bonchev–Trinajstić information content (AvgIpc) is 2.99. The number of amides is 1. The van der Waals surface area contributed by atoms with Crippen LogP contribution in [-0.4, -0.2) is 53.2 Å². The molecule has 3 N–H and O–H groups in total. The highest BCUT2D eigenvalue weighted by Crippen LogP contribution is 2.18. The van der Waals surface area contributed by atoms with Crippen LogP contribution in [0.1, 0.15) is 29.8 Å². The number of nitrogens with zero attached hydrogens (tertiary/aromatic N) is 1. The number of aliphatic hydroxyl groups is 1. The number of halogens is 1. The van der Waals surface area contributed by atoms with E-state index in [9.17, 15) is 14.3 Å². The summed E-state index contributed by atoms with van der Waals surface area (Å²) in [6.07, 6.45) is 2.35. The number of rotatable bonds is 5. The van der Waals surface area contributed by atoms with Crippen molar-refractivity contribution in [2.75, 3.05) is 26.2 Å². The molecule has 1 aromatic heterocycles. The zero-order valence-corrected chi connectivity index (χ0v) is 13.0. The molecule has 1 saturated heterocycles. The number of benzene rings is 1. The number of H-pyrrole nitrogens is 1. The largest absolute Gasteiger partial charge is 0.393 e. The van der Waals surface area contributed by atoms with Crippen molar-refractivity contribution >= 4 is 16.8 Å². The van der Waals surface area contributed by atoms with Crippen LogP contribution in [0.4, 0.5) is 4.39 Å². The number of aromatic nitrogens is 1. The average molecular weight is 319 g/mol. The van der Waals surface area contributed by atoms with E-state index in [-0.39, 0.29) is 17.8 Å². The first kappa shape index (κ1) is 16.0. The SMILES string of the molecule is O=C(NCCCN1CCC(O)CC1)c1cc2c(F)cccc2[nH]1. The Balaban J connectivity index is 1.46. The van der Waals surface area contributed by atoms with Crippen molar-refractivity contribution in [3.63, 3.8) is 0 Å². The summed E-state index contributed by atoms with van der Waals surface area (Å²) in [5, 5.41) is 12.8. The molecule has 0 bridgehead atoms. The minimum absolute atomic E-state index is 0.159. The Bertz CT molecular complexity index is 678. The van der Waals surface area contributed by atoms with Crippen LogP contribution in [0.15, 0.2) is 24.3 Å². The summed E-state index contributed by atoms with van der Waals surface area (Å²) in [5.41, 5.74) is 1.01. The Hall–Kier alpha value is -1.92. The molecule has 1 aliphatic rings. The summed E-state index contributed by atoms with van der Waals surface area (Å²) < 4.78 is 13.6. The lowest BCUT2D eigenvalue weighted by Gasteiger charge is -2.29. The van der Waals surface area contributed by atoms with Crippen LogP contribution in [0.2, 0.25) is 0 Å². The number of carbonyl (C=O) groups excluding carboxylic acids is 1. The van der Waals surface area contributed by atoms with Gasteiger partial charge in [-0.05, 0) is 44.0 Å². The maximum absolute atomic E-state index is 13.6. The highest BCUT2D eigenvalue weighted by atomic mass is 19.1. The standard InChI is InChI=1S/C17H22FN3O2/c18-14-3-1-4-15-13(14)11-16(20-15)17(23)19-7-2-8-21-9-5-12(22)6-10-21/h1,3-4,11-12,20,22H,2,5-10H2,(H,19,23). The predicted molar refractivity (Wildman–Crippen MR) is 86.9 cm³/mol. The molecule has 5 nitrogen and oxygen atoms in total. The first-order chi connectivity index (χ1) is 11.1. The van der Waals surface area contributed by atoms with E-state index in [1.54, 1.807) is 18.2 Å². The van der Waals surface area contributed by atoms with Gasteiger partial charge in [0.25, 0.3) is 5.91 Å². The molecule has 2 heterocycles. The molecule has 0 radical (unpaired) electrons. The molecule has 1 aromatic carbocycles. The molecule has 6 heteroatoms. The second-order valence-corrected chi connectivity index (χ2v) is 6.07. The van der Waals surface area contributed by atoms with E-state index < -0.39 is 0 Å². The molecule has 0 atom stereocenters.